The number of aromatic nitrogens is 2. The van der Waals surface area contributed by atoms with Crippen molar-refractivity contribution in [3.05, 3.63) is 30.9 Å². The van der Waals surface area contributed by atoms with E-state index in [9.17, 15) is 9.59 Å². The Morgan fingerprint density at radius 2 is 2.31 bits per heavy atom. The van der Waals surface area contributed by atoms with Crippen molar-refractivity contribution in [1.82, 2.24) is 9.88 Å². The van der Waals surface area contributed by atoms with Gasteiger partial charge >= 0.3 is 12.0 Å². The molecule has 0 unspecified atom stereocenters. The Balaban J connectivity index is 2.19. The Morgan fingerprint density at radius 3 is 2.88 bits per heavy atom. The first-order chi connectivity index (χ1) is 7.61. The molecule has 1 rings (SSSR count). The number of nitrogens with one attached hydrogen (secondary N) is 2. The molecule has 0 aliphatic rings. The average molecular weight is 224 g/mol. The summed E-state index contributed by atoms with van der Waals surface area (Å²) in [7, 11) is 0. The van der Waals surface area contributed by atoms with E-state index in [-0.39, 0.29) is 19.2 Å². The molecule has 0 bridgehead atoms. The van der Waals surface area contributed by atoms with Gasteiger partial charge in [0.2, 0.25) is 0 Å². The van der Waals surface area contributed by atoms with Gasteiger partial charge in [0.25, 0.3) is 6.33 Å². The molecule has 1 heterocycles. The van der Waals surface area contributed by atoms with Crippen LogP contribution in [-0.2, 0) is 9.53 Å². The predicted octanol–water partition coefficient (Wildman–Crippen LogP) is -0.0208. The minimum Gasteiger partial charge on any atom is -0.460 e. The summed E-state index contributed by atoms with van der Waals surface area (Å²) in [6.07, 6.45) is 4.71. The molecule has 6 heteroatoms. The molecule has 2 N–H and O–H groups in total. The van der Waals surface area contributed by atoms with Gasteiger partial charge in [0.05, 0.1) is 6.54 Å². The van der Waals surface area contributed by atoms with Crippen molar-refractivity contribution >= 4 is 12.0 Å². The van der Waals surface area contributed by atoms with Crippen molar-refractivity contribution in [2.45, 2.75) is 6.92 Å². The monoisotopic (exact) mass is 224 g/mol. The number of aromatic amines is 1. The second-order valence-corrected chi connectivity index (χ2v) is 3.17. The fourth-order valence-electron chi connectivity index (χ4n) is 0.932. The molecule has 0 aliphatic carbocycles. The molecule has 6 nitrogen and oxygen atoms in total. The van der Waals surface area contributed by atoms with E-state index in [1.165, 1.54) is 10.9 Å². The van der Waals surface area contributed by atoms with Crippen molar-refractivity contribution in [2.24, 2.45) is 0 Å². The Bertz CT molecular complexity index is 384. The molecule has 0 radical (unpaired) electrons. The van der Waals surface area contributed by atoms with Crippen molar-refractivity contribution in [3.8, 4) is 0 Å². The highest BCUT2D eigenvalue weighted by Gasteiger charge is 2.09. The molecule has 86 valence electrons. The summed E-state index contributed by atoms with van der Waals surface area (Å²) in [4.78, 5) is 25.1. The fraction of sp³-hybridized carbons (Fsp3) is 0.300. The number of hydrogen-bond acceptors (Lipinski definition) is 3. The second-order valence-electron chi connectivity index (χ2n) is 3.17. The highest BCUT2D eigenvalue weighted by atomic mass is 16.5. The maximum atomic E-state index is 11.4. The lowest BCUT2D eigenvalue weighted by Gasteiger charge is -2.04. The SMILES string of the molecule is C=C(C)C(=O)OCCNC(=O)n1cc[nH+]c1. The molecule has 0 saturated heterocycles. The number of ether oxygens (including phenoxy) is 1. The summed E-state index contributed by atoms with van der Waals surface area (Å²) in [6.45, 7) is 5.39. The van der Waals surface area contributed by atoms with Gasteiger partial charge in [-0.05, 0) is 6.92 Å². The summed E-state index contributed by atoms with van der Waals surface area (Å²) in [5.41, 5.74) is 0.339. The molecule has 0 saturated carbocycles. The van der Waals surface area contributed by atoms with Gasteiger partial charge in [0.15, 0.2) is 0 Å². The highest BCUT2D eigenvalue weighted by Crippen LogP contribution is 1.90. The van der Waals surface area contributed by atoms with E-state index in [2.05, 4.69) is 16.9 Å². The molecule has 0 aliphatic heterocycles. The van der Waals surface area contributed by atoms with Gasteiger partial charge in [0, 0.05) is 5.57 Å². The van der Waals surface area contributed by atoms with Crippen molar-refractivity contribution < 1.29 is 19.3 Å². The summed E-state index contributed by atoms with van der Waals surface area (Å²) in [6, 6.07) is -0.285. The predicted molar refractivity (Wildman–Crippen MR) is 55.6 cm³/mol. The lowest BCUT2D eigenvalue weighted by atomic mass is 10.4. The Kier molecular flexibility index (Phi) is 4.26. The van der Waals surface area contributed by atoms with Gasteiger partial charge in [-0.3, -0.25) is 0 Å². The van der Waals surface area contributed by atoms with Crippen LogP contribution in [0.5, 0.6) is 0 Å². The largest absolute Gasteiger partial charge is 0.460 e. The van der Waals surface area contributed by atoms with Gasteiger partial charge in [-0.1, -0.05) is 6.58 Å². The maximum absolute atomic E-state index is 11.4. The van der Waals surface area contributed by atoms with Crippen LogP contribution in [0.3, 0.4) is 0 Å². The number of rotatable bonds is 4. The van der Waals surface area contributed by atoms with E-state index in [0.717, 1.165) is 0 Å². The summed E-state index contributed by atoms with van der Waals surface area (Å²) >= 11 is 0. The zero-order chi connectivity index (χ0) is 12.0. The van der Waals surface area contributed by atoms with Gasteiger partial charge in [-0.2, -0.15) is 4.57 Å². The van der Waals surface area contributed by atoms with E-state index in [0.29, 0.717) is 5.57 Å². The molecular formula is C10H14N3O3+. The minimum atomic E-state index is -0.455. The number of carbonyl (C=O) groups is 2. The molecule has 0 fully saturated rings. The smallest absolute Gasteiger partial charge is 0.413 e. The number of H-pyrrole nitrogens is 1. The first kappa shape index (κ1) is 12.0. The lowest BCUT2D eigenvalue weighted by molar-refractivity contribution is -0.376. The van der Waals surface area contributed by atoms with Crippen LogP contribution < -0.4 is 10.3 Å². The third kappa shape index (κ3) is 3.56. The lowest BCUT2D eigenvalue weighted by Crippen LogP contribution is -2.31. The quantitative estimate of drug-likeness (QED) is 0.443. The van der Waals surface area contributed by atoms with Gasteiger partial charge in [-0.15, -0.1) is 0 Å². The molecule has 0 aromatic carbocycles. The maximum Gasteiger partial charge on any atom is 0.413 e. The number of esters is 1. The summed E-state index contributed by atoms with van der Waals surface area (Å²) in [5, 5.41) is 2.58. The molecule has 0 spiro atoms. The Morgan fingerprint density at radius 1 is 1.56 bits per heavy atom. The Labute approximate surface area is 92.9 Å². The van der Waals surface area contributed by atoms with Crippen LogP contribution in [0.15, 0.2) is 30.9 Å². The molecule has 1 amide bonds. The zero-order valence-electron chi connectivity index (χ0n) is 9.03. The van der Waals surface area contributed by atoms with Crippen LogP contribution in [0.4, 0.5) is 4.79 Å². The molecule has 1 aromatic rings. The standard InChI is InChI=1S/C10H13N3O3/c1-8(2)9(14)16-6-4-12-10(15)13-5-3-11-7-13/h3,5,7H,1,4,6H2,2H3,(H,12,15)/p+1. The number of hydrogen-bond donors (Lipinski definition) is 1. The van der Waals surface area contributed by atoms with Gasteiger partial charge in [0.1, 0.15) is 19.0 Å². The number of carbonyl (C=O) groups excluding carboxylic acids is 2. The van der Waals surface area contributed by atoms with Crippen LogP contribution in [-0.4, -0.2) is 29.7 Å². The van der Waals surface area contributed by atoms with Crippen molar-refractivity contribution in [2.75, 3.05) is 13.2 Å². The van der Waals surface area contributed by atoms with Gasteiger partial charge in [-0.25, -0.2) is 14.6 Å². The van der Waals surface area contributed by atoms with E-state index in [1.54, 1.807) is 19.3 Å². The van der Waals surface area contributed by atoms with Crippen LogP contribution in [0.1, 0.15) is 6.92 Å². The highest BCUT2D eigenvalue weighted by molar-refractivity contribution is 5.86. The van der Waals surface area contributed by atoms with Crippen LogP contribution in [0, 0.1) is 0 Å². The third-order valence-corrected chi connectivity index (χ3v) is 1.74. The van der Waals surface area contributed by atoms with Crippen molar-refractivity contribution in [3.63, 3.8) is 0 Å². The average Bonchev–Trinajstić information content (AvgIpc) is 2.76. The van der Waals surface area contributed by atoms with Crippen LogP contribution >= 0.6 is 0 Å². The number of amides is 1. The first-order valence-corrected chi connectivity index (χ1v) is 4.76. The Hall–Kier alpha value is -2.11. The third-order valence-electron chi connectivity index (χ3n) is 1.74. The normalized spacial score (nSPS) is 9.56. The first-order valence-electron chi connectivity index (χ1n) is 4.76. The summed E-state index contributed by atoms with van der Waals surface area (Å²) < 4.78 is 6.15. The second kappa shape index (κ2) is 5.69. The fourth-order valence-corrected chi connectivity index (χ4v) is 0.932. The summed E-state index contributed by atoms with van der Waals surface area (Å²) in [5.74, 6) is -0.455. The molecular weight excluding hydrogens is 210 g/mol. The minimum absolute atomic E-state index is 0.127. The van der Waals surface area contributed by atoms with E-state index >= 15 is 0 Å². The topological polar surface area (TPSA) is 74.5 Å². The van der Waals surface area contributed by atoms with Crippen LogP contribution in [0.2, 0.25) is 0 Å². The molecule has 1 aromatic heterocycles. The molecule has 16 heavy (non-hydrogen) atoms. The van der Waals surface area contributed by atoms with Crippen molar-refractivity contribution in [1.29, 1.82) is 0 Å². The zero-order valence-corrected chi connectivity index (χ0v) is 9.03. The number of imidazole rings is 1. The molecule has 0 atom stereocenters. The van der Waals surface area contributed by atoms with E-state index < -0.39 is 5.97 Å². The van der Waals surface area contributed by atoms with E-state index in [1.807, 2.05) is 0 Å². The number of nitrogens with zero attached hydrogens (tertiary/aromatic N) is 1. The van der Waals surface area contributed by atoms with E-state index in [4.69, 9.17) is 4.74 Å². The van der Waals surface area contributed by atoms with Gasteiger partial charge < -0.3 is 10.1 Å². The van der Waals surface area contributed by atoms with Crippen LogP contribution in [0.25, 0.3) is 0 Å².